The smallest absolute Gasteiger partial charge is 0.117 e. The van der Waals surface area contributed by atoms with Crippen LogP contribution in [0.25, 0.3) is 0 Å². The van der Waals surface area contributed by atoms with Gasteiger partial charge in [0.25, 0.3) is 0 Å². The van der Waals surface area contributed by atoms with Crippen LogP contribution in [0.3, 0.4) is 0 Å². The Morgan fingerprint density at radius 2 is 1.69 bits per heavy atom. The summed E-state index contributed by atoms with van der Waals surface area (Å²) < 4.78 is 0. The van der Waals surface area contributed by atoms with Crippen molar-refractivity contribution in [1.29, 1.82) is 0 Å². The van der Waals surface area contributed by atoms with Crippen molar-refractivity contribution < 1.29 is 5.11 Å². The van der Waals surface area contributed by atoms with Gasteiger partial charge >= 0.3 is 0 Å². The molecule has 2 saturated carbocycles. The summed E-state index contributed by atoms with van der Waals surface area (Å²) in [5, 5.41) is 9.78. The fourth-order valence-electron chi connectivity index (χ4n) is 2.00. The molecule has 0 aromatic rings. The van der Waals surface area contributed by atoms with E-state index < -0.39 is 0 Å². The van der Waals surface area contributed by atoms with E-state index in [1.165, 1.54) is 44.9 Å². The summed E-state index contributed by atoms with van der Waals surface area (Å²) in [6.45, 7) is 0. The van der Waals surface area contributed by atoms with Crippen molar-refractivity contribution in [1.82, 2.24) is 0 Å². The summed E-state index contributed by atoms with van der Waals surface area (Å²) >= 11 is 0. The molecule has 2 fully saturated rings. The minimum absolute atomic E-state index is 0.333. The Labute approximate surface area is 80.5 Å². The number of aliphatic hydroxyl groups excluding tert-OH is 1. The molecule has 1 heteroatoms. The molecule has 1 unspecified atom stereocenters. The van der Waals surface area contributed by atoms with Gasteiger partial charge in [0.2, 0.25) is 0 Å². The van der Waals surface area contributed by atoms with Crippen molar-refractivity contribution in [2.24, 2.45) is 11.8 Å². The molecule has 0 saturated heterocycles. The first-order valence-corrected chi connectivity index (χ1v) is 5.55. The largest absolute Gasteiger partial charge is 0.380 e. The molecule has 0 aliphatic heterocycles. The van der Waals surface area contributed by atoms with Crippen LogP contribution in [-0.4, -0.2) is 11.2 Å². The van der Waals surface area contributed by atoms with Gasteiger partial charge in [0.15, 0.2) is 0 Å². The zero-order chi connectivity index (χ0) is 9.10. The van der Waals surface area contributed by atoms with Crippen LogP contribution in [0.1, 0.15) is 44.9 Å². The number of aliphatic hydroxyl groups is 1. The molecule has 1 atom stereocenters. The summed E-state index contributed by atoms with van der Waals surface area (Å²) in [7, 11) is 0. The molecule has 0 spiro atoms. The van der Waals surface area contributed by atoms with Crippen molar-refractivity contribution in [3.05, 3.63) is 0 Å². The first-order chi connectivity index (χ1) is 6.36. The van der Waals surface area contributed by atoms with E-state index in [-0.39, 0.29) is 6.10 Å². The molecule has 0 aromatic carbocycles. The second-order valence-corrected chi connectivity index (χ2v) is 4.41. The number of hydrogen-bond donors (Lipinski definition) is 1. The molecular weight excluding hydrogens is 160 g/mol. The van der Waals surface area contributed by atoms with Crippen LogP contribution in [0.15, 0.2) is 0 Å². The quantitative estimate of drug-likeness (QED) is 0.611. The fraction of sp³-hybridized carbons (Fsp3) is 0.833. The highest BCUT2D eigenvalue weighted by atomic mass is 16.3. The SMILES string of the molecule is OC(C#CC1CC1)C1CCCCC1. The van der Waals surface area contributed by atoms with Gasteiger partial charge in [-0.05, 0) is 31.6 Å². The van der Waals surface area contributed by atoms with Crippen molar-refractivity contribution in [3.63, 3.8) is 0 Å². The molecule has 72 valence electrons. The Morgan fingerprint density at radius 3 is 2.31 bits per heavy atom. The van der Waals surface area contributed by atoms with Gasteiger partial charge in [-0.25, -0.2) is 0 Å². The van der Waals surface area contributed by atoms with Gasteiger partial charge in [-0.15, -0.1) is 0 Å². The van der Waals surface area contributed by atoms with Crippen LogP contribution in [0, 0.1) is 23.7 Å². The molecule has 0 aromatic heterocycles. The highest BCUT2D eigenvalue weighted by molar-refractivity contribution is 5.13. The molecule has 0 heterocycles. The molecule has 2 aliphatic rings. The average Bonchev–Trinajstić information content (AvgIpc) is 2.99. The van der Waals surface area contributed by atoms with Crippen LogP contribution < -0.4 is 0 Å². The third kappa shape index (κ3) is 2.74. The predicted octanol–water partition coefficient (Wildman–Crippen LogP) is 2.34. The van der Waals surface area contributed by atoms with E-state index >= 15 is 0 Å². The molecule has 2 rings (SSSR count). The zero-order valence-electron chi connectivity index (χ0n) is 8.13. The summed E-state index contributed by atoms with van der Waals surface area (Å²) in [6, 6.07) is 0. The monoisotopic (exact) mass is 178 g/mol. The van der Waals surface area contributed by atoms with Crippen molar-refractivity contribution in [3.8, 4) is 11.8 Å². The van der Waals surface area contributed by atoms with Gasteiger partial charge in [-0.2, -0.15) is 0 Å². The number of hydrogen-bond acceptors (Lipinski definition) is 1. The molecule has 13 heavy (non-hydrogen) atoms. The van der Waals surface area contributed by atoms with Crippen LogP contribution in [0.2, 0.25) is 0 Å². The van der Waals surface area contributed by atoms with Gasteiger partial charge in [0.1, 0.15) is 6.10 Å². The fourth-order valence-corrected chi connectivity index (χ4v) is 2.00. The van der Waals surface area contributed by atoms with E-state index in [1.807, 2.05) is 0 Å². The molecule has 1 N–H and O–H groups in total. The Kier molecular flexibility index (Phi) is 2.90. The van der Waals surface area contributed by atoms with E-state index in [9.17, 15) is 5.11 Å². The second-order valence-electron chi connectivity index (χ2n) is 4.41. The van der Waals surface area contributed by atoms with Crippen LogP contribution >= 0.6 is 0 Å². The third-order valence-electron chi connectivity index (χ3n) is 3.11. The maximum Gasteiger partial charge on any atom is 0.117 e. The summed E-state index contributed by atoms with van der Waals surface area (Å²) in [5.41, 5.74) is 0. The van der Waals surface area contributed by atoms with E-state index in [0.29, 0.717) is 11.8 Å². The normalized spacial score (nSPS) is 26.2. The van der Waals surface area contributed by atoms with Gasteiger partial charge < -0.3 is 5.11 Å². The molecule has 2 aliphatic carbocycles. The Morgan fingerprint density at radius 1 is 1.00 bits per heavy atom. The first kappa shape index (κ1) is 9.09. The summed E-state index contributed by atoms with van der Waals surface area (Å²) in [5.74, 6) is 7.27. The lowest BCUT2D eigenvalue weighted by molar-refractivity contribution is 0.133. The van der Waals surface area contributed by atoms with Gasteiger partial charge in [0.05, 0.1) is 0 Å². The van der Waals surface area contributed by atoms with Crippen LogP contribution in [0.5, 0.6) is 0 Å². The molecule has 0 bridgehead atoms. The molecular formula is C12H18O. The molecule has 0 radical (unpaired) electrons. The van der Waals surface area contributed by atoms with E-state index in [1.54, 1.807) is 0 Å². The van der Waals surface area contributed by atoms with Gasteiger partial charge in [-0.1, -0.05) is 31.1 Å². The van der Waals surface area contributed by atoms with Gasteiger partial charge in [-0.3, -0.25) is 0 Å². The Balaban J connectivity index is 1.81. The third-order valence-corrected chi connectivity index (χ3v) is 3.11. The standard InChI is InChI=1S/C12H18O/c13-12(9-8-10-6-7-10)11-4-2-1-3-5-11/h10-13H,1-7H2. The Bertz CT molecular complexity index is 213. The van der Waals surface area contributed by atoms with E-state index in [4.69, 9.17) is 0 Å². The summed E-state index contributed by atoms with van der Waals surface area (Å²) in [4.78, 5) is 0. The van der Waals surface area contributed by atoms with Crippen LogP contribution in [0.4, 0.5) is 0 Å². The minimum atomic E-state index is -0.333. The first-order valence-electron chi connectivity index (χ1n) is 5.55. The lowest BCUT2D eigenvalue weighted by atomic mass is 9.85. The van der Waals surface area contributed by atoms with Crippen molar-refractivity contribution in [2.75, 3.05) is 0 Å². The highest BCUT2D eigenvalue weighted by Crippen LogP contribution is 2.29. The van der Waals surface area contributed by atoms with Crippen LogP contribution in [-0.2, 0) is 0 Å². The van der Waals surface area contributed by atoms with E-state index in [0.717, 1.165) is 0 Å². The number of rotatable bonds is 1. The Hall–Kier alpha value is -0.480. The molecule has 0 amide bonds. The maximum absolute atomic E-state index is 9.78. The lowest BCUT2D eigenvalue weighted by Gasteiger charge is -2.23. The minimum Gasteiger partial charge on any atom is -0.380 e. The highest BCUT2D eigenvalue weighted by Gasteiger charge is 2.21. The zero-order valence-corrected chi connectivity index (χ0v) is 8.13. The molecule has 1 nitrogen and oxygen atoms in total. The topological polar surface area (TPSA) is 20.2 Å². The maximum atomic E-state index is 9.78. The van der Waals surface area contributed by atoms with Crippen molar-refractivity contribution in [2.45, 2.75) is 51.0 Å². The van der Waals surface area contributed by atoms with Crippen molar-refractivity contribution >= 4 is 0 Å². The summed E-state index contributed by atoms with van der Waals surface area (Å²) in [6.07, 6.45) is 8.45. The average molecular weight is 178 g/mol. The second kappa shape index (κ2) is 4.15. The van der Waals surface area contributed by atoms with Gasteiger partial charge in [0, 0.05) is 5.92 Å². The predicted molar refractivity (Wildman–Crippen MR) is 53.1 cm³/mol. The van der Waals surface area contributed by atoms with E-state index in [2.05, 4.69) is 11.8 Å². The lowest BCUT2D eigenvalue weighted by Crippen LogP contribution is -2.21.